The summed E-state index contributed by atoms with van der Waals surface area (Å²) in [6, 6.07) is 0. The van der Waals surface area contributed by atoms with E-state index < -0.39 is 0 Å². The van der Waals surface area contributed by atoms with Crippen LogP contribution in [0.5, 0.6) is 0 Å². The zero-order chi connectivity index (χ0) is 10.0. The van der Waals surface area contributed by atoms with Crippen LogP contribution in [-0.4, -0.2) is 23.8 Å². The molecule has 0 aromatic rings. The Bertz CT molecular complexity index is 177. The second-order valence-corrected chi connectivity index (χ2v) is 5.28. The smallest absolute Gasteiger partial charge is 0.0613 e. The molecule has 14 heavy (non-hydrogen) atoms. The van der Waals surface area contributed by atoms with Crippen LogP contribution in [0, 0.1) is 11.8 Å². The number of nitrogens with one attached hydrogen (secondary N) is 1. The third-order valence-electron chi connectivity index (χ3n) is 4.29. The van der Waals surface area contributed by atoms with E-state index >= 15 is 0 Å². The average molecular weight is 197 g/mol. The summed E-state index contributed by atoms with van der Waals surface area (Å²) in [7, 11) is 0. The van der Waals surface area contributed by atoms with Gasteiger partial charge >= 0.3 is 0 Å². The van der Waals surface area contributed by atoms with E-state index in [1.807, 2.05) is 0 Å². The predicted octanol–water partition coefficient (Wildman–Crippen LogP) is 1.93. The van der Waals surface area contributed by atoms with Crippen molar-refractivity contribution in [3.8, 4) is 0 Å². The van der Waals surface area contributed by atoms with Gasteiger partial charge in [0.25, 0.3) is 0 Å². The maximum absolute atomic E-state index is 9.28. The van der Waals surface area contributed by atoms with Gasteiger partial charge in [0.05, 0.1) is 6.61 Å². The first-order valence-electron chi connectivity index (χ1n) is 6.14. The first kappa shape index (κ1) is 10.4. The molecule has 2 heteroatoms. The van der Waals surface area contributed by atoms with Gasteiger partial charge in [-0.1, -0.05) is 13.3 Å². The van der Waals surface area contributed by atoms with E-state index in [-0.39, 0.29) is 5.54 Å². The fourth-order valence-electron chi connectivity index (χ4n) is 2.73. The number of aliphatic hydroxyl groups excluding tert-OH is 1. The lowest BCUT2D eigenvalue weighted by Crippen LogP contribution is -2.55. The summed E-state index contributed by atoms with van der Waals surface area (Å²) in [4.78, 5) is 0. The summed E-state index contributed by atoms with van der Waals surface area (Å²) in [6.07, 6.45) is 7.80. The fourth-order valence-corrected chi connectivity index (χ4v) is 2.73. The maximum atomic E-state index is 9.28. The van der Waals surface area contributed by atoms with Crippen molar-refractivity contribution in [2.75, 3.05) is 13.2 Å². The van der Waals surface area contributed by atoms with Gasteiger partial charge in [-0.25, -0.2) is 0 Å². The highest BCUT2D eigenvalue weighted by molar-refractivity contribution is 4.96. The summed E-state index contributed by atoms with van der Waals surface area (Å²) >= 11 is 0. The molecule has 0 unspecified atom stereocenters. The Balaban J connectivity index is 1.63. The third kappa shape index (κ3) is 1.96. The lowest BCUT2D eigenvalue weighted by Gasteiger charge is -2.44. The topological polar surface area (TPSA) is 32.3 Å². The minimum absolute atomic E-state index is 0.122. The SMILES string of the molecule is CCC1CC(CNC2(CO)CCC2)C1. The number of hydrogen-bond donors (Lipinski definition) is 2. The van der Waals surface area contributed by atoms with Gasteiger partial charge in [-0.05, 0) is 50.5 Å². The van der Waals surface area contributed by atoms with E-state index in [4.69, 9.17) is 0 Å². The summed E-state index contributed by atoms with van der Waals surface area (Å²) in [6.45, 7) is 3.75. The Morgan fingerprint density at radius 2 is 2.00 bits per heavy atom. The van der Waals surface area contributed by atoms with E-state index in [0.29, 0.717) is 6.61 Å². The lowest BCUT2D eigenvalue weighted by atomic mass is 9.72. The van der Waals surface area contributed by atoms with Gasteiger partial charge < -0.3 is 10.4 Å². The molecular formula is C12H23NO. The molecule has 0 bridgehead atoms. The normalized spacial score (nSPS) is 34.7. The van der Waals surface area contributed by atoms with Crippen molar-refractivity contribution in [2.45, 2.75) is 51.0 Å². The third-order valence-corrected chi connectivity index (χ3v) is 4.29. The van der Waals surface area contributed by atoms with Gasteiger partial charge in [0, 0.05) is 5.54 Å². The zero-order valence-electron chi connectivity index (χ0n) is 9.26. The van der Waals surface area contributed by atoms with Crippen molar-refractivity contribution < 1.29 is 5.11 Å². The molecule has 0 amide bonds. The lowest BCUT2D eigenvalue weighted by molar-refractivity contribution is 0.0710. The molecule has 0 spiro atoms. The predicted molar refractivity (Wildman–Crippen MR) is 58.2 cm³/mol. The van der Waals surface area contributed by atoms with Gasteiger partial charge in [-0.15, -0.1) is 0 Å². The van der Waals surface area contributed by atoms with Crippen molar-refractivity contribution in [3.63, 3.8) is 0 Å². The Hall–Kier alpha value is -0.0800. The molecule has 2 rings (SSSR count). The highest BCUT2D eigenvalue weighted by Gasteiger charge is 2.37. The monoisotopic (exact) mass is 197 g/mol. The molecule has 0 aromatic carbocycles. The molecule has 0 aromatic heterocycles. The molecule has 2 saturated carbocycles. The fraction of sp³-hybridized carbons (Fsp3) is 1.00. The van der Waals surface area contributed by atoms with Crippen molar-refractivity contribution in [1.29, 1.82) is 0 Å². The van der Waals surface area contributed by atoms with Crippen LogP contribution < -0.4 is 5.32 Å². The van der Waals surface area contributed by atoms with Crippen LogP contribution in [-0.2, 0) is 0 Å². The minimum atomic E-state index is 0.122. The van der Waals surface area contributed by atoms with Crippen LogP contribution in [0.2, 0.25) is 0 Å². The van der Waals surface area contributed by atoms with Crippen LogP contribution in [0.25, 0.3) is 0 Å². The van der Waals surface area contributed by atoms with E-state index in [9.17, 15) is 5.11 Å². The molecule has 0 atom stereocenters. The average Bonchev–Trinajstić information content (AvgIpc) is 2.06. The molecule has 0 radical (unpaired) electrons. The maximum Gasteiger partial charge on any atom is 0.0613 e. The zero-order valence-corrected chi connectivity index (χ0v) is 9.26. The van der Waals surface area contributed by atoms with E-state index in [1.54, 1.807) is 0 Å². The van der Waals surface area contributed by atoms with E-state index in [0.717, 1.165) is 18.4 Å². The summed E-state index contributed by atoms with van der Waals surface area (Å²) in [5.74, 6) is 1.89. The quantitative estimate of drug-likeness (QED) is 0.706. The number of aliphatic hydroxyl groups is 1. The largest absolute Gasteiger partial charge is 0.394 e. The molecule has 2 aliphatic rings. The van der Waals surface area contributed by atoms with E-state index in [2.05, 4.69) is 12.2 Å². The van der Waals surface area contributed by atoms with Crippen molar-refractivity contribution in [3.05, 3.63) is 0 Å². The Labute approximate surface area is 87.1 Å². The molecule has 0 heterocycles. The summed E-state index contributed by atoms with van der Waals surface area (Å²) in [5.41, 5.74) is 0.122. The van der Waals surface area contributed by atoms with Crippen molar-refractivity contribution in [2.24, 2.45) is 11.8 Å². The minimum Gasteiger partial charge on any atom is -0.394 e. The number of rotatable bonds is 5. The van der Waals surface area contributed by atoms with Crippen LogP contribution >= 0.6 is 0 Å². The van der Waals surface area contributed by atoms with Gasteiger partial charge in [0.15, 0.2) is 0 Å². The van der Waals surface area contributed by atoms with Gasteiger partial charge in [-0.2, -0.15) is 0 Å². The van der Waals surface area contributed by atoms with Crippen LogP contribution in [0.1, 0.15) is 45.4 Å². The molecule has 82 valence electrons. The molecule has 2 nitrogen and oxygen atoms in total. The Morgan fingerprint density at radius 3 is 2.43 bits per heavy atom. The standard InChI is InChI=1S/C12H23NO/c1-2-10-6-11(7-10)8-13-12(9-14)4-3-5-12/h10-11,13-14H,2-9H2,1H3. The van der Waals surface area contributed by atoms with Crippen molar-refractivity contribution >= 4 is 0 Å². The summed E-state index contributed by atoms with van der Waals surface area (Å²) in [5, 5.41) is 12.9. The van der Waals surface area contributed by atoms with Gasteiger partial charge in [0.2, 0.25) is 0 Å². The molecule has 0 aliphatic heterocycles. The highest BCUT2D eigenvalue weighted by atomic mass is 16.3. The number of hydrogen-bond acceptors (Lipinski definition) is 2. The first-order valence-corrected chi connectivity index (χ1v) is 6.14. The molecule has 2 N–H and O–H groups in total. The second kappa shape index (κ2) is 4.19. The summed E-state index contributed by atoms with van der Waals surface area (Å²) < 4.78 is 0. The molecule has 2 fully saturated rings. The molecule has 2 aliphatic carbocycles. The molecule has 0 saturated heterocycles. The van der Waals surface area contributed by atoms with Gasteiger partial charge in [-0.3, -0.25) is 0 Å². The second-order valence-electron chi connectivity index (χ2n) is 5.28. The molecular weight excluding hydrogens is 174 g/mol. The van der Waals surface area contributed by atoms with Crippen LogP contribution in [0.3, 0.4) is 0 Å². The van der Waals surface area contributed by atoms with Crippen molar-refractivity contribution in [1.82, 2.24) is 5.32 Å². The van der Waals surface area contributed by atoms with Crippen LogP contribution in [0.4, 0.5) is 0 Å². The van der Waals surface area contributed by atoms with E-state index in [1.165, 1.54) is 38.5 Å². The van der Waals surface area contributed by atoms with Crippen LogP contribution in [0.15, 0.2) is 0 Å². The highest BCUT2D eigenvalue weighted by Crippen LogP contribution is 2.37. The Morgan fingerprint density at radius 1 is 1.29 bits per heavy atom. The first-order chi connectivity index (χ1) is 6.78. The van der Waals surface area contributed by atoms with Gasteiger partial charge in [0.1, 0.15) is 0 Å². The Kier molecular flexibility index (Phi) is 3.13.